The number of ketones is 1. The summed E-state index contributed by atoms with van der Waals surface area (Å²) in [6.45, 7) is 1.84. The summed E-state index contributed by atoms with van der Waals surface area (Å²) in [5, 5.41) is 0. The Morgan fingerprint density at radius 1 is 0.970 bits per heavy atom. The van der Waals surface area contributed by atoms with E-state index < -0.39 is 34.4 Å². The number of rotatable bonds is 7. The van der Waals surface area contributed by atoms with Crippen LogP contribution in [0, 0.1) is 11.8 Å². The van der Waals surface area contributed by atoms with Crippen molar-refractivity contribution in [3.05, 3.63) is 29.8 Å². The van der Waals surface area contributed by atoms with Gasteiger partial charge >= 0.3 is 5.97 Å². The van der Waals surface area contributed by atoms with Gasteiger partial charge in [-0.2, -0.15) is 4.31 Å². The van der Waals surface area contributed by atoms with Crippen molar-refractivity contribution in [3.63, 3.8) is 0 Å². The number of likely N-dealkylation sites (tertiary alicyclic amines) is 1. The Morgan fingerprint density at radius 2 is 1.52 bits per heavy atom. The van der Waals surface area contributed by atoms with Crippen molar-refractivity contribution in [2.45, 2.75) is 56.4 Å². The first-order chi connectivity index (χ1) is 15.7. The summed E-state index contributed by atoms with van der Waals surface area (Å²) >= 11 is 0. The number of nitrogens with zero attached hydrogens (tertiary/aromatic N) is 2. The Balaban J connectivity index is 1.35. The van der Waals surface area contributed by atoms with E-state index in [1.54, 1.807) is 0 Å². The number of ether oxygens (including phenoxy) is 1. The molecule has 4 rings (SSSR count). The van der Waals surface area contributed by atoms with Gasteiger partial charge in [-0.3, -0.25) is 19.3 Å². The number of amides is 2. The van der Waals surface area contributed by atoms with E-state index in [2.05, 4.69) is 0 Å². The summed E-state index contributed by atoms with van der Waals surface area (Å²) in [4.78, 5) is 51.3. The summed E-state index contributed by atoms with van der Waals surface area (Å²) < 4.78 is 31.7. The van der Waals surface area contributed by atoms with Crippen molar-refractivity contribution < 1.29 is 32.3 Å². The standard InChI is InChI=1S/C23H28N2O7S/c1-15(25-21(27)18-6-2-3-7-19(18)22(25)28)23(29)32-14-20(26)16-8-10-17(11-9-16)33(30,31)24-12-4-5-13-24/h8-11,15,18-19H,2-7,12-14H2,1H3. The Hall–Kier alpha value is -2.59. The fourth-order valence-electron chi connectivity index (χ4n) is 4.91. The Kier molecular flexibility index (Phi) is 6.67. The molecule has 2 aliphatic heterocycles. The smallest absolute Gasteiger partial charge is 0.329 e. The zero-order chi connectivity index (χ0) is 23.8. The van der Waals surface area contributed by atoms with Crippen LogP contribution in [0.25, 0.3) is 0 Å². The monoisotopic (exact) mass is 476 g/mol. The summed E-state index contributed by atoms with van der Waals surface area (Å²) in [7, 11) is -3.58. The van der Waals surface area contributed by atoms with Crippen molar-refractivity contribution in [1.82, 2.24) is 9.21 Å². The molecule has 0 aromatic heterocycles. The highest BCUT2D eigenvalue weighted by Crippen LogP contribution is 2.38. The van der Waals surface area contributed by atoms with Gasteiger partial charge in [0.25, 0.3) is 0 Å². The molecular formula is C23H28N2O7S. The van der Waals surface area contributed by atoms with E-state index in [0.29, 0.717) is 25.9 Å². The number of esters is 1. The van der Waals surface area contributed by atoms with E-state index in [-0.39, 0.29) is 34.1 Å². The maximum absolute atomic E-state index is 12.6. The average molecular weight is 477 g/mol. The molecule has 0 bridgehead atoms. The fourth-order valence-corrected chi connectivity index (χ4v) is 6.42. The quantitative estimate of drug-likeness (QED) is 0.334. The Bertz CT molecular complexity index is 1040. The van der Waals surface area contributed by atoms with Crippen LogP contribution in [0.1, 0.15) is 55.8 Å². The van der Waals surface area contributed by atoms with Crippen molar-refractivity contribution in [2.24, 2.45) is 11.8 Å². The molecular weight excluding hydrogens is 448 g/mol. The lowest BCUT2D eigenvalue weighted by molar-refractivity contribution is -0.157. The normalized spacial score (nSPS) is 24.6. The minimum absolute atomic E-state index is 0.110. The van der Waals surface area contributed by atoms with Crippen LogP contribution in [0.15, 0.2) is 29.2 Å². The van der Waals surface area contributed by atoms with Crippen LogP contribution in [0.5, 0.6) is 0 Å². The minimum Gasteiger partial charge on any atom is -0.456 e. The van der Waals surface area contributed by atoms with E-state index in [1.165, 1.54) is 35.5 Å². The van der Waals surface area contributed by atoms with E-state index in [0.717, 1.165) is 30.6 Å². The predicted molar refractivity (Wildman–Crippen MR) is 116 cm³/mol. The lowest BCUT2D eigenvalue weighted by atomic mass is 9.81. The maximum Gasteiger partial charge on any atom is 0.329 e. The topological polar surface area (TPSA) is 118 Å². The number of benzene rings is 1. The number of carbonyl (C=O) groups is 4. The van der Waals surface area contributed by atoms with Gasteiger partial charge in [0.05, 0.1) is 16.7 Å². The largest absolute Gasteiger partial charge is 0.456 e. The van der Waals surface area contributed by atoms with Gasteiger partial charge < -0.3 is 4.74 Å². The second-order valence-electron chi connectivity index (χ2n) is 8.89. The molecule has 2 heterocycles. The molecule has 2 saturated heterocycles. The van der Waals surface area contributed by atoms with Crippen molar-refractivity contribution in [1.29, 1.82) is 0 Å². The molecule has 10 heteroatoms. The number of carbonyl (C=O) groups excluding carboxylic acids is 4. The number of hydrogen-bond acceptors (Lipinski definition) is 7. The molecule has 3 unspecified atom stereocenters. The lowest BCUT2D eigenvalue weighted by Crippen LogP contribution is -2.44. The number of hydrogen-bond donors (Lipinski definition) is 0. The average Bonchev–Trinajstić information content (AvgIpc) is 3.45. The van der Waals surface area contributed by atoms with E-state index in [4.69, 9.17) is 4.74 Å². The third-order valence-electron chi connectivity index (χ3n) is 6.83. The summed E-state index contributed by atoms with van der Waals surface area (Å²) in [5.74, 6) is -2.73. The molecule has 0 N–H and O–H groups in total. The molecule has 3 fully saturated rings. The summed E-state index contributed by atoms with van der Waals surface area (Å²) in [5.41, 5.74) is 0.204. The lowest BCUT2D eigenvalue weighted by Gasteiger charge is -2.21. The van der Waals surface area contributed by atoms with Crippen LogP contribution >= 0.6 is 0 Å². The Labute approximate surface area is 193 Å². The molecule has 1 saturated carbocycles. The zero-order valence-corrected chi connectivity index (χ0v) is 19.4. The SMILES string of the molecule is CC(C(=O)OCC(=O)c1ccc(S(=O)(=O)N2CCCC2)cc1)N1C(=O)C2CCCCC2C1=O. The Morgan fingerprint density at radius 3 is 2.06 bits per heavy atom. The maximum atomic E-state index is 12.6. The van der Waals surface area contributed by atoms with Gasteiger partial charge in [0.2, 0.25) is 21.8 Å². The number of fused-ring (bicyclic) bond motifs is 1. The summed E-state index contributed by atoms with van der Waals surface area (Å²) in [6.07, 6.45) is 4.73. The molecule has 0 radical (unpaired) electrons. The molecule has 178 valence electrons. The van der Waals surface area contributed by atoms with Crippen LogP contribution in [0.4, 0.5) is 0 Å². The third kappa shape index (κ3) is 4.46. The highest BCUT2D eigenvalue weighted by atomic mass is 32.2. The van der Waals surface area contributed by atoms with Gasteiger partial charge in [0.15, 0.2) is 12.4 Å². The van der Waals surface area contributed by atoms with E-state index in [1.807, 2.05) is 0 Å². The molecule has 9 nitrogen and oxygen atoms in total. The molecule has 1 aliphatic carbocycles. The highest BCUT2D eigenvalue weighted by molar-refractivity contribution is 7.89. The minimum atomic E-state index is -3.58. The van der Waals surface area contributed by atoms with Crippen LogP contribution in [0.3, 0.4) is 0 Å². The van der Waals surface area contributed by atoms with Crippen LogP contribution < -0.4 is 0 Å². The second-order valence-corrected chi connectivity index (χ2v) is 10.8. The third-order valence-corrected chi connectivity index (χ3v) is 8.74. The van der Waals surface area contributed by atoms with Crippen molar-refractivity contribution >= 4 is 33.6 Å². The molecule has 3 atom stereocenters. The van der Waals surface area contributed by atoms with Gasteiger partial charge in [-0.15, -0.1) is 0 Å². The number of imide groups is 1. The van der Waals surface area contributed by atoms with Crippen LogP contribution in [0.2, 0.25) is 0 Å². The van der Waals surface area contributed by atoms with Gasteiger partial charge in [-0.1, -0.05) is 12.8 Å². The van der Waals surface area contributed by atoms with Crippen LogP contribution in [-0.2, 0) is 29.1 Å². The van der Waals surface area contributed by atoms with Crippen molar-refractivity contribution in [3.8, 4) is 0 Å². The van der Waals surface area contributed by atoms with Gasteiger partial charge in [0.1, 0.15) is 6.04 Å². The second kappa shape index (κ2) is 9.34. The number of Topliss-reactive ketones (excluding diaryl/α,β-unsaturated/α-hetero) is 1. The van der Waals surface area contributed by atoms with Crippen LogP contribution in [-0.4, -0.2) is 66.9 Å². The zero-order valence-electron chi connectivity index (χ0n) is 18.6. The number of sulfonamides is 1. The molecule has 0 spiro atoms. The summed E-state index contributed by atoms with van der Waals surface area (Å²) in [6, 6.07) is 4.42. The first kappa shape index (κ1) is 23.6. The van der Waals surface area contributed by atoms with Crippen molar-refractivity contribution in [2.75, 3.05) is 19.7 Å². The molecule has 3 aliphatic rings. The highest BCUT2D eigenvalue weighted by Gasteiger charge is 2.51. The van der Waals surface area contributed by atoms with Gasteiger partial charge in [-0.05, 0) is 56.9 Å². The van der Waals surface area contributed by atoms with Gasteiger partial charge in [-0.25, -0.2) is 13.2 Å². The van der Waals surface area contributed by atoms with E-state index >= 15 is 0 Å². The first-order valence-corrected chi connectivity index (χ1v) is 12.8. The molecule has 2 amide bonds. The molecule has 1 aromatic rings. The first-order valence-electron chi connectivity index (χ1n) is 11.4. The van der Waals surface area contributed by atoms with E-state index in [9.17, 15) is 27.6 Å². The van der Waals surface area contributed by atoms with Gasteiger partial charge in [0, 0.05) is 18.7 Å². The predicted octanol–water partition coefficient (Wildman–Crippen LogP) is 1.76. The molecule has 1 aromatic carbocycles. The fraction of sp³-hybridized carbons (Fsp3) is 0.565. The molecule has 33 heavy (non-hydrogen) atoms.